The smallest absolute Gasteiger partial charge is 0.123 e. The van der Waals surface area contributed by atoms with Crippen LogP contribution in [0.1, 0.15) is 0 Å². The third kappa shape index (κ3) is 1.65. The van der Waals surface area contributed by atoms with Crippen LogP contribution in [-0.4, -0.2) is 4.21 Å². The van der Waals surface area contributed by atoms with Crippen LogP contribution in [0.2, 0.25) is 0 Å². The second-order valence-corrected chi connectivity index (χ2v) is 3.62. The Balaban J connectivity index is 3.15. The van der Waals surface area contributed by atoms with E-state index in [0.717, 1.165) is 4.47 Å². The highest BCUT2D eigenvalue weighted by atomic mass is 79.9. The van der Waals surface area contributed by atoms with E-state index < -0.39 is 11.0 Å². The molecule has 2 nitrogen and oxygen atoms in total. The van der Waals surface area contributed by atoms with E-state index in [1.54, 1.807) is 18.2 Å². The summed E-state index contributed by atoms with van der Waals surface area (Å²) in [6.45, 7) is 0. The van der Waals surface area contributed by atoms with Gasteiger partial charge in [-0.3, -0.25) is 0 Å². The predicted octanol–water partition coefficient (Wildman–Crippen LogP) is 1.43. The van der Waals surface area contributed by atoms with Crippen molar-refractivity contribution in [3.8, 4) is 0 Å². The molecule has 0 aromatic heterocycles. The summed E-state index contributed by atoms with van der Waals surface area (Å²) in [5.74, 6) is 0. The van der Waals surface area contributed by atoms with Gasteiger partial charge in [0, 0.05) is 4.47 Å². The maximum atomic E-state index is 10.7. The average molecular weight is 220 g/mol. The fourth-order valence-electron chi connectivity index (χ4n) is 0.608. The Morgan fingerprint density at radius 1 is 1.40 bits per heavy atom. The molecule has 0 unspecified atom stereocenters. The first-order valence-corrected chi connectivity index (χ1v) is 4.63. The van der Waals surface area contributed by atoms with Gasteiger partial charge >= 0.3 is 0 Å². The molecule has 2 N–H and O–H groups in total. The lowest BCUT2D eigenvalue weighted by Crippen LogP contribution is -2.02. The van der Waals surface area contributed by atoms with Crippen LogP contribution in [0.25, 0.3) is 0 Å². The summed E-state index contributed by atoms with van der Waals surface area (Å²) < 4.78 is 11.5. The molecule has 0 radical (unpaired) electrons. The minimum Gasteiger partial charge on any atom is -0.248 e. The van der Waals surface area contributed by atoms with Crippen LogP contribution >= 0.6 is 15.9 Å². The zero-order valence-electron chi connectivity index (χ0n) is 5.08. The van der Waals surface area contributed by atoms with Crippen LogP contribution in [-0.2, 0) is 11.0 Å². The van der Waals surface area contributed by atoms with Crippen LogP contribution < -0.4 is 5.14 Å². The number of benzene rings is 1. The van der Waals surface area contributed by atoms with Crippen LogP contribution in [0.3, 0.4) is 0 Å². The molecule has 1 rings (SSSR count). The first-order valence-electron chi connectivity index (χ1n) is 2.62. The summed E-state index contributed by atoms with van der Waals surface area (Å²) >= 11 is 3.22. The van der Waals surface area contributed by atoms with E-state index in [1.807, 2.05) is 6.07 Å². The van der Waals surface area contributed by atoms with Gasteiger partial charge in [-0.05, 0) is 28.1 Å². The molecular weight excluding hydrogens is 214 g/mol. The number of rotatable bonds is 1. The molecule has 0 saturated carbocycles. The minimum absolute atomic E-state index is 0.627. The van der Waals surface area contributed by atoms with E-state index in [1.165, 1.54) is 0 Å². The van der Waals surface area contributed by atoms with Gasteiger partial charge in [-0.2, -0.15) is 0 Å². The van der Waals surface area contributed by atoms with Crippen molar-refractivity contribution in [1.82, 2.24) is 0 Å². The van der Waals surface area contributed by atoms with Gasteiger partial charge < -0.3 is 0 Å². The van der Waals surface area contributed by atoms with Crippen molar-refractivity contribution in [2.24, 2.45) is 5.14 Å². The topological polar surface area (TPSA) is 43.1 Å². The highest BCUT2D eigenvalue weighted by Gasteiger charge is 2.00. The lowest BCUT2D eigenvalue weighted by atomic mass is 10.4. The summed E-state index contributed by atoms with van der Waals surface area (Å²) in [5.41, 5.74) is 0. The second-order valence-electron chi connectivity index (χ2n) is 1.73. The van der Waals surface area contributed by atoms with Gasteiger partial charge in [-0.25, -0.2) is 9.35 Å². The number of hydrogen-bond acceptors (Lipinski definition) is 1. The average Bonchev–Trinajstić information content (AvgIpc) is 1.88. The summed E-state index contributed by atoms with van der Waals surface area (Å²) in [4.78, 5) is 0.627. The fourth-order valence-corrected chi connectivity index (χ4v) is 1.84. The van der Waals surface area contributed by atoms with E-state index >= 15 is 0 Å². The van der Waals surface area contributed by atoms with Gasteiger partial charge in [0.1, 0.15) is 11.0 Å². The van der Waals surface area contributed by atoms with Gasteiger partial charge in [-0.15, -0.1) is 0 Å². The lowest BCUT2D eigenvalue weighted by Gasteiger charge is -1.96. The first-order chi connectivity index (χ1) is 4.72. The molecule has 0 fully saturated rings. The molecule has 10 heavy (non-hydrogen) atoms. The summed E-state index contributed by atoms with van der Waals surface area (Å²) in [6, 6.07) is 7.17. The minimum atomic E-state index is -1.39. The highest BCUT2D eigenvalue weighted by molar-refractivity contribution is 9.10. The molecular formula is C6H6BrNOS. The second kappa shape index (κ2) is 3.27. The molecule has 0 spiro atoms. The van der Waals surface area contributed by atoms with Gasteiger partial charge in [0.05, 0.1) is 4.90 Å². The van der Waals surface area contributed by atoms with Gasteiger partial charge in [0.2, 0.25) is 0 Å². The number of nitrogens with two attached hydrogens (primary N) is 1. The molecule has 0 aliphatic heterocycles. The number of hydrogen-bond donors (Lipinski definition) is 1. The molecule has 1 aromatic rings. The zero-order valence-corrected chi connectivity index (χ0v) is 7.48. The molecule has 1 atom stereocenters. The predicted molar refractivity (Wildman–Crippen MR) is 44.7 cm³/mol. The van der Waals surface area contributed by atoms with E-state index in [0.29, 0.717) is 4.90 Å². The first kappa shape index (κ1) is 7.91. The Morgan fingerprint density at radius 2 is 2.00 bits per heavy atom. The SMILES string of the molecule is N[S@](=O)c1ccccc1Br. The van der Waals surface area contributed by atoms with Crippen molar-refractivity contribution in [2.45, 2.75) is 4.90 Å². The third-order valence-corrected chi connectivity index (χ3v) is 2.80. The summed E-state index contributed by atoms with van der Waals surface area (Å²) in [6.07, 6.45) is 0. The highest BCUT2D eigenvalue weighted by Crippen LogP contribution is 2.17. The normalized spacial score (nSPS) is 13.0. The van der Waals surface area contributed by atoms with Gasteiger partial charge in [0.15, 0.2) is 0 Å². The number of halogens is 1. The van der Waals surface area contributed by atoms with Crippen LogP contribution in [0, 0.1) is 0 Å². The lowest BCUT2D eigenvalue weighted by molar-refractivity contribution is 0.684. The monoisotopic (exact) mass is 219 g/mol. The molecule has 1 aromatic carbocycles. The Bertz CT molecular complexity index is 264. The van der Waals surface area contributed by atoms with E-state index in [-0.39, 0.29) is 0 Å². The molecule has 0 aliphatic carbocycles. The van der Waals surface area contributed by atoms with Crippen molar-refractivity contribution in [2.75, 3.05) is 0 Å². The van der Waals surface area contributed by atoms with Crippen molar-refractivity contribution in [1.29, 1.82) is 0 Å². The third-order valence-electron chi connectivity index (χ3n) is 1.05. The molecule has 0 bridgehead atoms. The van der Waals surface area contributed by atoms with Crippen molar-refractivity contribution >= 4 is 26.9 Å². The fraction of sp³-hybridized carbons (Fsp3) is 0. The summed E-state index contributed by atoms with van der Waals surface area (Å²) in [5, 5.41) is 5.16. The molecule has 4 heteroatoms. The van der Waals surface area contributed by atoms with E-state index in [4.69, 9.17) is 5.14 Å². The maximum absolute atomic E-state index is 10.7. The molecule has 54 valence electrons. The Hall–Kier alpha value is -0.190. The van der Waals surface area contributed by atoms with Crippen LogP contribution in [0.15, 0.2) is 33.6 Å². The largest absolute Gasteiger partial charge is 0.248 e. The van der Waals surface area contributed by atoms with Crippen LogP contribution in [0.5, 0.6) is 0 Å². The van der Waals surface area contributed by atoms with Crippen molar-refractivity contribution in [3.63, 3.8) is 0 Å². The maximum Gasteiger partial charge on any atom is 0.123 e. The molecule has 0 heterocycles. The molecule has 0 amide bonds. The molecule has 0 saturated heterocycles. The van der Waals surface area contributed by atoms with E-state index in [2.05, 4.69) is 15.9 Å². The van der Waals surface area contributed by atoms with Gasteiger partial charge in [-0.1, -0.05) is 12.1 Å². The van der Waals surface area contributed by atoms with Crippen LogP contribution in [0.4, 0.5) is 0 Å². The zero-order chi connectivity index (χ0) is 7.56. The Kier molecular flexibility index (Phi) is 2.59. The Morgan fingerprint density at radius 3 is 2.40 bits per heavy atom. The quantitative estimate of drug-likeness (QED) is 0.764. The molecule has 0 aliphatic rings. The van der Waals surface area contributed by atoms with E-state index in [9.17, 15) is 4.21 Å². The van der Waals surface area contributed by atoms with Gasteiger partial charge in [0.25, 0.3) is 0 Å². The standard InChI is InChI=1S/C6H6BrNOS/c7-5-3-1-2-4-6(5)10(8)9/h1-4H,8H2/t10-/m1/s1. The summed E-state index contributed by atoms with van der Waals surface area (Å²) in [7, 11) is -1.39. The Labute approximate surface area is 70.1 Å². The van der Waals surface area contributed by atoms with Crippen molar-refractivity contribution in [3.05, 3.63) is 28.7 Å². The van der Waals surface area contributed by atoms with Crippen molar-refractivity contribution < 1.29 is 4.21 Å².